The standard InChI is InChI=1S/C27H22F3NO4/c28-27(29,30)18-13-12-17(23(15-18)25(32)33)7-5-6-14-31-26(34)35-16-24-21-10-3-1-8-19(21)20-9-2-4-11-22(20)24/h1-5,7-13,15,24H,6,14,16H2,(H,31,34)(H,32,33). The highest BCUT2D eigenvalue weighted by molar-refractivity contribution is 5.92. The molecule has 2 N–H and O–H groups in total. The van der Waals surface area contributed by atoms with E-state index >= 15 is 0 Å². The minimum atomic E-state index is -4.63. The predicted octanol–water partition coefficient (Wildman–Crippen LogP) is 6.35. The van der Waals surface area contributed by atoms with Crippen LogP contribution in [-0.4, -0.2) is 30.3 Å². The molecule has 1 aliphatic carbocycles. The number of fused-ring (bicyclic) bond motifs is 3. The molecule has 0 saturated heterocycles. The van der Waals surface area contributed by atoms with Crippen molar-refractivity contribution in [2.45, 2.75) is 18.5 Å². The zero-order valence-electron chi connectivity index (χ0n) is 18.5. The second-order valence-electron chi connectivity index (χ2n) is 8.05. The number of benzene rings is 3. The van der Waals surface area contributed by atoms with Gasteiger partial charge in [-0.1, -0.05) is 66.7 Å². The molecule has 0 spiro atoms. The van der Waals surface area contributed by atoms with Gasteiger partial charge < -0.3 is 15.2 Å². The van der Waals surface area contributed by atoms with Crippen LogP contribution < -0.4 is 5.32 Å². The van der Waals surface area contributed by atoms with Crippen molar-refractivity contribution >= 4 is 18.1 Å². The molecule has 3 aromatic carbocycles. The van der Waals surface area contributed by atoms with E-state index in [1.54, 1.807) is 6.08 Å². The molecule has 1 aliphatic rings. The van der Waals surface area contributed by atoms with Crippen molar-refractivity contribution in [3.05, 3.63) is 101 Å². The number of carbonyl (C=O) groups excluding carboxylic acids is 1. The van der Waals surface area contributed by atoms with Gasteiger partial charge in [0, 0.05) is 12.5 Å². The molecule has 0 saturated carbocycles. The molecule has 8 heteroatoms. The summed E-state index contributed by atoms with van der Waals surface area (Å²) in [5.41, 5.74) is 3.15. The average molecular weight is 481 g/mol. The molecule has 5 nitrogen and oxygen atoms in total. The summed E-state index contributed by atoms with van der Waals surface area (Å²) in [5, 5.41) is 11.9. The normalized spacial score (nSPS) is 12.9. The van der Waals surface area contributed by atoms with E-state index in [0.717, 1.165) is 34.4 Å². The zero-order chi connectivity index (χ0) is 25.0. The van der Waals surface area contributed by atoms with Gasteiger partial charge in [0.2, 0.25) is 0 Å². The van der Waals surface area contributed by atoms with Crippen LogP contribution in [0.15, 0.2) is 72.8 Å². The third kappa shape index (κ3) is 5.37. The van der Waals surface area contributed by atoms with Crippen molar-refractivity contribution in [1.82, 2.24) is 5.32 Å². The summed E-state index contributed by atoms with van der Waals surface area (Å²) in [6, 6.07) is 18.6. The smallest absolute Gasteiger partial charge is 0.416 e. The summed E-state index contributed by atoms with van der Waals surface area (Å²) in [4.78, 5) is 23.5. The van der Waals surface area contributed by atoms with Gasteiger partial charge in [0.15, 0.2) is 0 Å². The summed E-state index contributed by atoms with van der Waals surface area (Å²) < 4.78 is 43.9. The van der Waals surface area contributed by atoms with E-state index in [9.17, 15) is 27.9 Å². The number of alkyl carbamates (subject to hydrolysis) is 1. The molecule has 0 atom stereocenters. The van der Waals surface area contributed by atoms with Crippen LogP contribution in [0.5, 0.6) is 0 Å². The second-order valence-corrected chi connectivity index (χ2v) is 8.05. The molecule has 3 aromatic rings. The quantitative estimate of drug-likeness (QED) is 0.386. The first-order valence-corrected chi connectivity index (χ1v) is 11.0. The topological polar surface area (TPSA) is 75.6 Å². The molecule has 0 aliphatic heterocycles. The van der Waals surface area contributed by atoms with Crippen molar-refractivity contribution in [3.63, 3.8) is 0 Å². The highest BCUT2D eigenvalue weighted by Gasteiger charge is 2.31. The predicted molar refractivity (Wildman–Crippen MR) is 125 cm³/mol. The Kier molecular flexibility index (Phi) is 6.91. The number of carboxylic acid groups (broad SMARTS) is 1. The van der Waals surface area contributed by atoms with Crippen LogP contribution in [0.2, 0.25) is 0 Å². The Morgan fingerprint density at radius 3 is 2.20 bits per heavy atom. The Bertz CT molecular complexity index is 1240. The molecule has 0 radical (unpaired) electrons. The first kappa shape index (κ1) is 24.1. The number of ether oxygens (including phenoxy) is 1. The lowest BCUT2D eigenvalue weighted by molar-refractivity contribution is -0.137. The highest BCUT2D eigenvalue weighted by Crippen LogP contribution is 2.44. The van der Waals surface area contributed by atoms with Crippen LogP contribution in [-0.2, 0) is 10.9 Å². The summed E-state index contributed by atoms with van der Waals surface area (Å²) in [7, 11) is 0. The fraction of sp³-hybridized carbons (Fsp3) is 0.185. The van der Waals surface area contributed by atoms with Gasteiger partial charge in [-0.15, -0.1) is 0 Å². The average Bonchev–Trinajstić information content (AvgIpc) is 3.15. The van der Waals surface area contributed by atoms with Crippen LogP contribution >= 0.6 is 0 Å². The molecule has 180 valence electrons. The van der Waals surface area contributed by atoms with E-state index in [2.05, 4.69) is 5.32 Å². The number of rotatable bonds is 7. The van der Waals surface area contributed by atoms with Crippen molar-refractivity contribution in [2.24, 2.45) is 0 Å². The summed E-state index contributed by atoms with van der Waals surface area (Å²) >= 11 is 0. The lowest BCUT2D eigenvalue weighted by Crippen LogP contribution is -2.26. The van der Waals surface area contributed by atoms with Crippen LogP contribution in [0, 0.1) is 0 Å². The number of hydrogen-bond donors (Lipinski definition) is 2. The number of aromatic carboxylic acids is 1. The Morgan fingerprint density at radius 2 is 1.60 bits per heavy atom. The van der Waals surface area contributed by atoms with Gasteiger partial charge in [0.05, 0.1) is 11.1 Å². The lowest BCUT2D eigenvalue weighted by atomic mass is 9.98. The number of halogens is 3. The molecule has 0 heterocycles. The molecule has 0 fully saturated rings. The van der Waals surface area contributed by atoms with Gasteiger partial charge in [-0.05, 0) is 46.4 Å². The SMILES string of the molecule is O=C(NCCC=Cc1ccc(C(F)(F)F)cc1C(=O)O)OCC1c2ccccc2-c2ccccc21. The fourth-order valence-corrected chi connectivity index (χ4v) is 4.18. The lowest BCUT2D eigenvalue weighted by Gasteiger charge is -2.14. The molecular weight excluding hydrogens is 459 g/mol. The largest absolute Gasteiger partial charge is 0.478 e. The van der Waals surface area contributed by atoms with E-state index < -0.39 is 29.4 Å². The molecule has 4 rings (SSSR count). The van der Waals surface area contributed by atoms with E-state index in [0.29, 0.717) is 12.5 Å². The molecule has 0 aromatic heterocycles. The monoisotopic (exact) mass is 481 g/mol. The number of hydrogen-bond acceptors (Lipinski definition) is 3. The number of carboxylic acids is 1. The van der Waals surface area contributed by atoms with Crippen LogP contribution in [0.1, 0.15) is 45.0 Å². The first-order valence-electron chi connectivity index (χ1n) is 11.0. The minimum Gasteiger partial charge on any atom is -0.478 e. The maximum Gasteiger partial charge on any atom is 0.416 e. The van der Waals surface area contributed by atoms with Crippen LogP contribution in [0.4, 0.5) is 18.0 Å². The van der Waals surface area contributed by atoms with Gasteiger partial charge in [0.1, 0.15) is 6.61 Å². The maximum atomic E-state index is 12.8. The zero-order valence-corrected chi connectivity index (χ0v) is 18.5. The van der Waals surface area contributed by atoms with E-state index in [4.69, 9.17) is 4.74 Å². The van der Waals surface area contributed by atoms with Crippen LogP contribution in [0.3, 0.4) is 0 Å². The van der Waals surface area contributed by atoms with Crippen LogP contribution in [0.25, 0.3) is 17.2 Å². The third-order valence-electron chi connectivity index (χ3n) is 5.83. The summed E-state index contributed by atoms with van der Waals surface area (Å²) in [5.74, 6) is -1.50. The minimum absolute atomic E-state index is 0.0536. The van der Waals surface area contributed by atoms with E-state index in [-0.39, 0.29) is 24.6 Å². The molecule has 35 heavy (non-hydrogen) atoms. The molecule has 0 unspecified atom stereocenters. The maximum absolute atomic E-state index is 12.8. The molecule has 0 bridgehead atoms. The van der Waals surface area contributed by atoms with Gasteiger partial charge in [0.25, 0.3) is 0 Å². The van der Waals surface area contributed by atoms with Gasteiger partial charge in [-0.2, -0.15) is 13.2 Å². The Labute approximate surface area is 199 Å². The van der Waals surface area contributed by atoms with E-state index in [1.165, 1.54) is 6.08 Å². The first-order chi connectivity index (χ1) is 16.8. The van der Waals surface area contributed by atoms with Gasteiger partial charge >= 0.3 is 18.2 Å². The number of amides is 1. The van der Waals surface area contributed by atoms with Gasteiger partial charge in [-0.3, -0.25) is 0 Å². The van der Waals surface area contributed by atoms with Gasteiger partial charge in [-0.25, -0.2) is 9.59 Å². The Morgan fingerprint density at radius 1 is 0.971 bits per heavy atom. The number of carbonyl (C=O) groups is 2. The van der Waals surface area contributed by atoms with Crippen molar-refractivity contribution in [3.8, 4) is 11.1 Å². The Hall–Kier alpha value is -4.07. The number of alkyl halides is 3. The summed E-state index contributed by atoms with van der Waals surface area (Å²) in [6.45, 7) is 0.402. The van der Waals surface area contributed by atoms with Crippen molar-refractivity contribution < 1.29 is 32.6 Å². The fourth-order valence-electron chi connectivity index (χ4n) is 4.18. The van der Waals surface area contributed by atoms with E-state index in [1.807, 2.05) is 48.5 Å². The molecular formula is C27H22F3NO4. The highest BCUT2D eigenvalue weighted by atomic mass is 19.4. The number of nitrogens with one attached hydrogen (secondary N) is 1. The Balaban J connectivity index is 1.30. The molecule has 1 amide bonds. The van der Waals surface area contributed by atoms with Crippen molar-refractivity contribution in [1.29, 1.82) is 0 Å². The summed E-state index contributed by atoms with van der Waals surface area (Å²) in [6.07, 6.45) is -1.87. The van der Waals surface area contributed by atoms with Crippen molar-refractivity contribution in [2.75, 3.05) is 13.2 Å². The second kappa shape index (κ2) is 10.0. The third-order valence-corrected chi connectivity index (χ3v) is 5.83.